The van der Waals surface area contributed by atoms with E-state index in [-0.39, 0.29) is 19.5 Å². The van der Waals surface area contributed by atoms with Crippen molar-refractivity contribution < 1.29 is 24.5 Å². The largest absolute Gasteiger partial charge is 0.549 e. The third kappa shape index (κ3) is 3.09. The number of nitrogens with zero attached hydrogens (tertiary/aromatic N) is 1. The summed E-state index contributed by atoms with van der Waals surface area (Å²) in [4.78, 5) is 23.9. The molecule has 1 saturated heterocycles. The number of carboxylic acids is 1. The van der Waals surface area contributed by atoms with Gasteiger partial charge in [-0.3, -0.25) is 0 Å². The third-order valence-corrected chi connectivity index (χ3v) is 2.74. The molecule has 0 bridgehead atoms. The molecule has 0 radical (unpaired) electrons. The fourth-order valence-electron chi connectivity index (χ4n) is 1.71. The number of ether oxygens (including phenoxy) is 1. The molecule has 1 rings (SSSR count). The molecule has 0 aromatic carbocycles. The van der Waals surface area contributed by atoms with Gasteiger partial charge >= 0.3 is 6.09 Å². The monoisotopic (exact) mass is 244 g/mol. The molecule has 6 nitrogen and oxygen atoms in total. The number of aliphatic carboxylic acids is 1. The molecule has 17 heavy (non-hydrogen) atoms. The van der Waals surface area contributed by atoms with Crippen molar-refractivity contribution >= 4 is 12.1 Å². The second kappa shape index (κ2) is 4.52. The van der Waals surface area contributed by atoms with Crippen molar-refractivity contribution in [2.75, 3.05) is 19.7 Å². The maximum Gasteiger partial charge on any atom is 0.410 e. The highest BCUT2D eigenvalue weighted by Gasteiger charge is 2.42. The normalized spacial score (nSPS) is 24.8. The van der Waals surface area contributed by atoms with Gasteiger partial charge in [0.15, 0.2) is 0 Å². The molecule has 0 spiro atoms. The zero-order valence-corrected chi connectivity index (χ0v) is 10.4. The quantitative estimate of drug-likeness (QED) is 0.697. The maximum absolute atomic E-state index is 11.7. The molecule has 98 valence electrons. The van der Waals surface area contributed by atoms with E-state index in [1.165, 1.54) is 4.90 Å². The van der Waals surface area contributed by atoms with E-state index in [0.717, 1.165) is 0 Å². The van der Waals surface area contributed by atoms with Crippen LogP contribution < -0.4 is 5.11 Å². The molecule has 0 aromatic rings. The molecule has 0 aliphatic carbocycles. The number of carbonyl (C=O) groups is 2. The minimum atomic E-state index is -1.35. The Kier molecular flexibility index (Phi) is 3.66. The van der Waals surface area contributed by atoms with Gasteiger partial charge < -0.3 is 24.6 Å². The van der Waals surface area contributed by atoms with Crippen LogP contribution in [0.1, 0.15) is 27.2 Å². The van der Waals surface area contributed by atoms with Crippen molar-refractivity contribution in [2.45, 2.75) is 32.8 Å². The molecule has 1 fully saturated rings. The number of hydrogen-bond acceptors (Lipinski definition) is 5. The van der Waals surface area contributed by atoms with E-state index in [0.29, 0.717) is 0 Å². The first-order chi connectivity index (χ1) is 7.70. The fraction of sp³-hybridized carbons (Fsp3) is 0.818. The fourth-order valence-corrected chi connectivity index (χ4v) is 1.71. The molecule has 1 amide bonds. The molecule has 1 aliphatic rings. The predicted molar refractivity (Wildman–Crippen MR) is 56.9 cm³/mol. The lowest BCUT2D eigenvalue weighted by atomic mass is 9.88. The minimum absolute atomic E-state index is 0.0687. The summed E-state index contributed by atoms with van der Waals surface area (Å²) in [6.07, 6.45) is -0.375. The summed E-state index contributed by atoms with van der Waals surface area (Å²) in [6, 6.07) is 0. The lowest BCUT2D eigenvalue weighted by molar-refractivity contribution is -0.319. The summed E-state index contributed by atoms with van der Waals surface area (Å²) in [6.45, 7) is 4.86. The van der Waals surface area contributed by atoms with Crippen LogP contribution in [0.3, 0.4) is 0 Å². The zero-order valence-electron chi connectivity index (χ0n) is 10.4. The average Bonchev–Trinajstić information content (AvgIpc) is 2.60. The lowest BCUT2D eigenvalue weighted by Crippen LogP contribution is -2.47. The van der Waals surface area contributed by atoms with Crippen LogP contribution >= 0.6 is 0 Å². The van der Waals surface area contributed by atoms with Crippen molar-refractivity contribution in [1.29, 1.82) is 0 Å². The zero-order chi connectivity index (χ0) is 13.3. The molecule has 1 heterocycles. The lowest BCUT2D eigenvalue weighted by Gasteiger charge is -2.29. The van der Waals surface area contributed by atoms with Gasteiger partial charge in [0, 0.05) is 13.1 Å². The average molecular weight is 244 g/mol. The van der Waals surface area contributed by atoms with Crippen LogP contribution in [0.4, 0.5) is 4.79 Å². The number of likely N-dealkylation sites (tertiary alicyclic amines) is 1. The smallest absolute Gasteiger partial charge is 0.410 e. The van der Waals surface area contributed by atoms with Crippen LogP contribution in [0, 0.1) is 5.41 Å². The number of aliphatic hydroxyl groups is 1. The van der Waals surface area contributed by atoms with Gasteiger partial charge in [-0.15, -0.1) is 0 Å². The molecule has 1 unspecified atom stereocenters. The maximum atomic E-state index is 11.7. The summed E-state index contributed by atoms with van der Waals surface area (Å²) in [5.41, 5.74) is -1.97. The second-order valence-electron chi connectivity index (χ2n) is 5.38. The van der Waals surface area contributed by atoms with Crippen LogP contribution in [-0.4, -0.2) is 47.4 Å². The first-order valence-corrected chi connectivity index (χ1v) is 5.50. The van der Waals surface area contributed by atoms with Crippen LogP contribution in [0.25, 0.3) is 0 Å². The summed E-state index contributed by atoms with van der Waals surface area (Å²) in [7, 11) is 0. The Morgan fingerprint density at radius 2 is 2.06 bits per heavy atom. The molecular weight excluding hydrogens is 226 g/mol. The van der Waals surface area contributed by atoms with Crippen molar-refractivity contribution in [2.24, 2.45) is 5.41 Å². The first-order valence-electron chi connectivity index (χ1n) is 5.50. The van der Waals surface area contributed by atoms with Gasteiger partial charge in [0.1, 0.15) is 5.60 Å². The van der Waals surface area contributed by atoms with Crippen molar-refractivity contribution in [1.82, 2.24) is 4.90 Å². The summed E-state index contributed by atoms with van der Waals surface area (Å²) in [5.74, 6) is -1.33. The van der Waals surface area contributed by atoms with Crippen molar-refractivity contribution in [3.05, 3.63) is 0 Å². The van der Waals surface area contributed by atoms with E-state index in [4.69, 9.17) is 9.84 Å². The summed E-state index contributed by atoms with van der Waals surface area (Å²) < 4.78 is 5.13. The van der Waals surface area contributed by atoms with Crippen molar-refractivity contribution in [3.63, 3.8) is 0 Å². The van der Waals surface area contributed by atoms with E-state index in [1.807, 2.05) is 0 Å². The number of rotatable bonds is 2. The van der Waals surface area contributed by atoms with Gasteiger partial charge in [-0.1, -0.05) is 0 Å². The van der Waals surface area contributed by atoms with Crippen LogP contribution in [0.5, 0.6) is 0 Å². The molecule has 6 heteroatoms. The standard InChI is InChI=1S/C11H19NO5/c1-10(2,3)17-9(16)12-5-4-11(6-12,7-13)8(14)15/h13H,4-7H2,1-3H3,(H,14,15)/p-1. The van der Waals surface area contributed by atoms with Crippen LogP contribution in [0.15, 0.2) is 0 Å². The van der Waals surface area contributed by atoms with Gasteiger partial charge in [-0.25, -0.2) is 4.79 Å². The highest BCUT2D eigenvalue weighted by atomic mass is 16.6. The van der Waals surface area contributed by atoms with Gasteiger partial charge in [0.05, 0.1) is 18.0 Å². The number of aliphatic hydroxyl groups excluding tert-OH is 1. The first kappa shape index (κ1) is 13.8. The number of carbonyl (C=O) groups excluding carboxylic acids is 2. The second-order valence-corrected chi connectivity index (χ2v) is 5.38. The number of amides is 1. The molecule has 1 atom stereocenters. The summed E-state index contributed by atoms with van der Waals surface area (Å²) in [5, 5.41) is 20.1. The molecule has 1 aliphatic heterocycles. The Morgan fingerprint density at radius 1 is 1.47 bits per heavy atom. The SMILES string of the molecule is CC(C)(C)OC(=O)N1CCC(CO)(C(=O)[O-])C1. The van der Waals surface area contributed by atoms with Gasteiger partial charge in [-0.2, -0.15) is 0 Å². The Hall–Kier alpha value is -1.30. The highest BCUT2D eigenvalue weighted by molar-refractivity contribution is 5.76. The number of hydrogen-bond donors (Lipinski definition) is 1. The van der Waals surface area contributed by atoms with Gasteiger partial charge in [-0.05, 0) is 27.2 Å². The topological polar surface area (TPSA) is 89.9 Å². The highest BCUT2D eigenvalue weighted by Crippen LogP contribution is 2.30. The van der Waals surface area contributed by atoms with Crippen LogP contribution in [0.2, 0.25) is 0 Å². The van der Waals surface area contributed by atoms with Crippen LogP contribution in [-0.2, 0) is 9.53 Å². The van der Waals surface area contributed by atoms with E-state index in [9.17, 15) is 14.7 Å². The molecule has 0 saturated carbocycles. The van der Waals surface area contributed by atoms with E-state index >= 15 is 0 Å². The molecule has 1 N–H and O–H groups in total. The van der Waals surface area contributed by atoms with Crippen molar-refractivity contribution in [3.8, 4) is 0 Å². The van der Waals surface area contributed by atoms with Gasteiger partial charge in [0.2, 0.25) is 0 Å². The van der Waals surface area contributed by atoms with E-state index in [1.54, 1.807) is 20.8 Å². The molecule has 0 aromatic heterocycles. The Bertz CT molecular complexity index is 322. The Balaban J connectivity index is 2.67. The minimum Gasteiger partial charge on any atom is -0.549 e. The summed E-state index contributed by atoms with van der Waals surface area (Å²) >= 11 is 0. The Labute approximate surface area is 100 Å². The Morgan fingerprint density at radius 3 is 2.41 bits per heavy atom. The third-order valence-electron chi connectivity index (χ3n) is 2.74. The number of carboxylic acid groups (broad SMARTS) is 1. The predicted octanol–water partition coefficient (Wildman–Crippen LogP) is -0.644. The van der Waals surface area contributed by atoms with E-state index in [2.05, 4.69) is 0 Å². The van der Waals surface area contributed by atoms with E-state index < -0.39 is 29.7 Å². The van der Waals surface area contributed by atoms with Gasteiger partial charge in [0.25, 0.3) is 0 Å². The molecular formula is C11H18NO5-.